The van der Waals surface area contributed by atoms with Crippen LogP contribution in [-0.2, 0) is 17.6 Å². The monoisotopic (exact) mass is 238 g/mol. The van der Waals surface area contributed by atoms with E-state index in [1.807, 2.05) is 0 Å². The molecule has 1 aliphatic heterocycles. The van der Waals surface area contributed by atoms with E-state index >= 15 is 0 Å². The van der Waals surface area contributed by atoms with Crippen LogP contribution in [0.15, 0.2) is 10.7 Å². The van der Waals surface area contributed by atoms with Gasteiger partial charge in [0.05, 0.1) is 12.1 Å². The predicted molar refractivity (Wildman–Crippen MR) is 61.8 cm³/mol. The number of carboxylic acid groups (broad SMARTS) is 1. The highest BCUT2D eigenvalue weighted by molar-refractivity contribution is 5.69. The normalized spacial score (nSPS) is 21.6. The molecule has 0 amide bonds. The standard InChI is InChI=1S/C12H18N2O3/c1-14-5-3-2-4-10(14)7-11-13-9(8-17-11)6-12(15)16/h8,10H,2-7H2,1H3,(H,15,16). The Hall–Kier alpha value is -1.36. The fourth-order valence-corrected chi connectivity index (χ4v) is 2.28. The number of aliphatic carboxylic acids is 1. The molecule has 0 saturated carbocycles. The van der Waals surface area contributed by atoms with E-state index in [1.165, 1.54) is 19.1 Å². The van der Waals surface area contributed by atoms with Crippen molar-refractivity contribution in [2.75, 3.05) is 13.6 Å². The molecule has 5 nitrogen and oxygen atoms in total. The molecule has 1 aromatic heterocycles. The Bertz CT molecular complexity index is 389. The number of hydrogen-bond donors (Lipinski definition) is 1. The lowest BCUT2D eigenvalue weighted by Crippen LogP contribution is -2.37. The van der Waals surface area contributed by atoms with Crippen LogP contribution >= 0.6 is 0 Å². The van der Waals surface area contributed by atoms with E-state index in [-0.39, 0.29) is 6.42 Å². The number of hydrogen-bond acceptors (Lipinski definition) is 4. The van der Waals surface area contributed by atoms with Crippen LogP contribution in [-0.4, -0.2) is 40.6 Å². The molecule has 1 aliphatic rings. The first-order chi connectivity index (χ1) is 8.15. The summed E-state index contributed by atoms with van der Waals surface area (Å²) in [6.07, 6.45) is 5.82. The van der Waals surface area contributed by atoms with E-state index in [2.05, 4.69) is 16.9 Å². The Kier molecular flexibility index (Phi) is 3.78. The first kappa shape index (κ1) is 12.1. The van der Waals surface area contributed by atoms with Crippen LogP contribution in [0, 0.1) is 0 Å². The number of likely N-dealkylation sites (tertiary alicyclic amines) is 1. The molecular weight excluding hydrogens is 220 g/mol. The number of rotatable bonds is 4. The topological polar surface area (TPSA) is 66.6 Å². The van der Waals surface area contributed by atoms with Crippen molar-refractivity contribution in [3.05, 3.63) is 17.8 Å². The number of likely N-dealkylation sites (N-methyl/N-ethyl adjacent to an activating group) is 1. The first-order valence-electron chi connectivity index (χ1n) is 6.00. The van der Waals surface area contributed by atoms with Crippen molar-refractivity contribution in [2.24, 2.45) is 0 Å². The van der Waals surface area contributed by atoms with Gasteiger partial charge in [-0.3, -0.25) is 4.79 Å². The van der Waals surface area contributed by atoms with Crippen LogP contribution in [0.5, 0.6) is 0 Å². The van der Waals surface area contributed by atoms with Crippen molar-refractivity contribution in [2.45, 2.75) is 38.1 Å². The van der Waals surface area contributed by atoms with Gasteiger partial charge in [0, 0.05) is 12.5 Å². The molecule has 1 N–H and O–H groups in total. The van der Waals surface area contributed by atoms with Crippen molar-refractivity contribution in [3.63, 3.8) is 0 Å². The predicted octanol–water partition coefficient (Wildman–Crippen LogP) is 1.33. The van der Waals surface area contributed by atoms with Gasteiger partial charge in [-0.1, -0.05) is 6.42 Å². The van der Waals surface area contributed by atoms with Gasteiger partial charge in [0.15, 0.2) is 5.89 Å². The summed E-state index contributed by atoms with van der Waals surface area (Å²) in [6, 6.07) is 0.472. The molecular formula is C12H18N2O3. The lowest BCUT2D eigenvalue weighted by atomic mass is 10.0. The Labute approximate surface area is 100 Å². The Morgan fingerprint density at radius 1 is 1.65 bits per heavy atom. The zero-order valence-electron chi connectivity index (χ0n) is 10.1. The molecule has 2 rings (SSSR count). The van der Waals surface area contributed by atoms with Gasteiger partial charge >= 0.3 is 5.97 Å². The molecule has 1 atom stereocenters. The molecule has 0 aliphatic carbocycles. The Balaban J connectivity index is 1.93. The number of piperidine rings is 1. The second kappa shape index (κ2) is 5.31. The van der Waals surface area contributed by atoms with Crippen molar-refractivity contribution in [1.29, 1.82) is 0 Å². The van der Waals surface area contributed by atoms with Gasteiger partial charge in [0.1, 0.15) is 6.26 Å². The first-order valence-corrected chi connectivity index (χ1v) is 6.00. The van der Waals surface area contributed by atoms with Crippen molar-refractivity contribution < 1.29 is 14.3 Å². The van der Waals surface area contributed by atoms with E-state index in [1.54, 1.807) is 0 Å². The summed E-state index contributed by atoms with van der Waals surface area (Å²) in [4.78, 5) is 17.1. The van der Waals surface area contributed by atoms with Gasteiger partial charge in [0.25, 0.3) is 0 Å². The minimum absolute atomic E-state index is 0.0655. The molecule has 2 heterocycles. The summed E-state index contributed by atoms with van der Waals surface area (Å²) in [7, 11) is 2.12. The molecule has 17 heavy (non-hydrogen) atoms. The summed E-state index contributed by atoms with van der Waals surface area (Å²) in [5.74, 6) is -0.223. The molecule has 0 bridgehead atoms. The zero-order chi connectivity index (χ0) is 12.3. The molecule has 1 fully saturated rings. The maximum absolute atomic E-state index is 10.5. The van der Waals surface area contributed by atoms with E-state index in [0.29, 0.717) is 17.6 Å². The van der Waals surface area contributed by atoms with Gasteiger partial charge in [-0.05, 0) is 26.4 Å². The molecule has 94 valence electrons. The summed E-state index contributed by atoms with van der Waals surface area (Å²) in [6.45, 7) is 1.12. The maximum Gasteiger partial charge on any atom is 0.309 e. The molecule has 0 spiro atoms. The summed E-state index contributed by atoms with van der Waals surface area (Å²) in [5.41, 5.74) is 0.506. The number of aromatic nitrogens is 1. The van der Waals surface area contributed by atoms with Crippen molar-refractivity contribution >= 4 is 5.97 Å². The van der Waals surface area contributed by atoms with Gasteiger partial charge in [0.2, 0.25) is 0 Å². The van der Waals surface area contributed by atoms with Gasteiger partial charge in [-0.15, -0.1) is 0 Å². The third-order valence-corrected chi connectivity index (χ3v) is 3.26. The van der Waals surface area contributed by atoms with Crippen LogP contribution < -0.4 is 0 Å². The molecule has 1 saturated heterocycles. The highest BCUT2D eigenvalue weighted by atomic mass is 16.4. The SMILES string of the molecule is CN1CCCCC1Cc1nc(CC(=O)O)co1. The molecule has 0 radical (unpaired) electrons. The van der Waals surface area contributed by atoms with E-state index in [0.717, 1.165) is 19.4 Å². The maximum atomic E-state index is 10.5. The molecule has 0 aromatic carbocycles. The summed E-state index contributed by atoms with van der Waals surface area (Å²) >= 11 is 0. The van der Waals surface area contributed by atoms with Crippen molar-refractivity contribution in [3.8, 4) is 0 Å². The highest BCUT2D eigenvalue weighted by Gasteiger charge is 2.21. The van der Waals surface area contributed by atoms with E-state index in [4.69, 9.17) is 9.52 Å². The number of nitrogens with zero attached hydrogens (tertiary/aromatic N) is 2. The minimum Gasteiger partial charge on any atom is -0.481 e. The Morgan fingerprint density at radius 3 is 3.18 bits per heavy atom. The summed E-state index contributed by atoms with van der Waals surface area (Å²) in [5, 5.41) is 8.65. The molecule has 1 aromatic rings. The minimum atomic E-state index is -0.875. The molecule has 5 heteroatoms. The van der Waals surface area contributed by atoms with Gasteiger partial charge in [-0.25, -0.2) is 4.98 Å². The fraction of sp³-hybridized carbons (Fsp3) is 0.667. The van der Waals surface area contributed by atoms with Crippen LogP contribution in [0.1, 0.15) is 30.8 Å². The second-order valence-electron chi connectivity index (χ2n) is 4.64. The Morgan fingerprint density at radius 2 is 2.47 bits per heavy atom. The zero-order valence-corrected chi connectivity index (χ0v) is 10.1. The number of carboxylic acids is 1. The van der Waals surface area contributed by atoms with Gasteiger partial charge in [-0.2, -0.15) is 0 Å². The van der Waals surface area contributed by atoms with Crippen molar-refractivity contribution in [1.82, 2.24) is 9.88 Å². The number of carbonyl (C=O) groups is 1. The number of oxazole rings is 1. The quantitative estimate of drug-likeness (QED) is 0.857. The third kappa shape index (κ3) is 3.30. The molecule has 1 unspecified atom stereocenters. The second-order valence-corrected chi connectivity index (χ2v) is 4.64. The van der Waals surface area contributed by atoms with Crippen LogP contribution in [0.25, 0.3) is 0 Å². The van der Waals surface area contributed by atoms with E-state index in [9.17, 15) is 4.79 Å². The average molecular weight is 238 g/mol. The average Bonchev–Trinajstić information content (AvgIpc) is 2.68. The van der Waals surface area contributed by atoms with Crippen LogP contribution in [0.4, 0.5) is 0 Å². The third-order valence-electron chi connectivity index (χ3n) is 3.26. The lowest BCUT2D eigenvalue weighted by Gasteiger charge is -2.31. The fourth-order valence-electron chi connectivity index (χ4n) is 2.28. The largest absolute Gasteiger partial charge is 0.481 e. The van der Waals surface area contributed by atoms with Crippen LogP contribution in [0.2, 0.25) is 0 Å². The lowest BCUT2D eigenvalue weighted by molar-refractivity contribution is -0.136. The van der Waals surface area contributed by atoms with Gasteiger partial charge < -0.3 is 14.4 Å². The highest BCUT2D eigenvalue weighted by Crippen LogP contribution is 2.18. The van der Waals surface area contributed by atoms with Crippen LogP contribution in [0.3, 0.4) is 0 Å². The van der Waals surface area contributed by atoms with E-state index < -0.39 is 5.97 Å². The smallest absolute Gasteiger partial charge is 0.309 e. The summed E-state index contributed by atoms with van der Waals surface area (Å²) < 4.78 is 5.32.